The van der Waals surface area contributed by atoms with Crippen molar-refractivity contribution < 1.29 is 9.47 Å². The van der Waals surface area contributed by atoms with Gasteiger partial charge < -0.3 is 14.8 Å². The molecule has 0 amide bonds. The molecular formula is C17H19N5O2. The molecule has 24 heavy (non-hydrogen) atoms. The number of fused-ring (bicyclic) bond motifs is 1. The van der Waals surface area contributed by atoms with Gasteiger partial charge in [-0.25, -0.2) is 9.50 Å². The third-order valence-electron chi connectivity index (χ3n) is 3.67. The van der Waals surface area contributed by atoms with E-state index in [1.165, 1.54) is 0 Å². The number of imidazole rings is 1. The average molecular weight is 325 g/mol. The first kappa shape index (κ1) is 15.7. The second-order valence-corrected chi connectivity index (χ2v) is 5.63. The first-order chi connectivity index (χ1) is 11.6. The van der Waals surface area contributed by atoms with Gasteiger partial charge in [-0.1, -0.05) is 0 Å². The first-order valence-electron chi connectivity index (χ1n) is 7.58. The van der Waals surface area contributed by atoms with Crippen LogP contribution in [0.25, 0.3) is 16.9 Å². The van der Waals surface area contributed by atoms with E-state index >= 15 is 0 Å². The Balaban J connectivity index is 2.25. The Bertz CT molecular complexity index is 917. The number of hydrogen-bond acceptors (Lipinski definition) is 5. The van der Waals surface area contributed by atoms with E-state index < -0.39 is 0 Å². The van der Waals surface area contributed by atoms with Crippen LogP contribution >= 0.6 is 0 Å². The molecule has 2 aromatic heterocycles. The van der Waals surface area contributed by atoms with Gasteiger partial charge in [0, 0.05) is 23.9 Å². The molecular weight excluding hydrogens is 306 g/mol. The highest BCUT2D eigenvalue weighted by molar-refractivity contribution is 5.82. The highest BCUT2D eigenvalue weighted by Gasteiger charge is 2.21. The topological polar surface area (TPSA) is 87.4 Å². The molecule has 3 aromatic rings. The zero-order valence-corrected chi connectivity index (χ0v) is 14.0. The van der Waals surface area contributed by atoms with Crippen molar-refractivity contribution in [3.8, 4) is 28.8 Å². The van der Waals surface area contributed by atoms with Crippen molar-refractivity contribution in [1.82, 2.24) is 14.6 Å². The Morgan fingerprint density at radius 3 is 2.71 bits per heavy atom. The smallest absolute Gasteiger partial charge is 0.173 e. The predicted molar refractivity (Wildman–Crippen MR) is 91.6 cm³/mol. The van der Waals surface area contributed by atoms with E-state index in [0.29, 0.717) is 28.4 Å². The number of benzene rings is 1. The summed E-state index contributed by atoms with van der Waals surface area (Å²) in [7, 11) is 3.22. The molecule has 0 unspecified atom stereocenters. The SMILES string of the molecule is COc1ccc(-c2nc3c(C#N)c[nH]n3c2NC(C)C)c(OC)c1. The molecule has 124 valence electrons. The third kappa shape index (κ3) is 2.52. The van der Waals surface area contributed by atoms with Crippen LogP contribution in [0.4, 0.5) is 5.82 Å². The number of anilines is 1. The molecule has 0 aliphatic carbocycles. The highest BCUT2D eigenvalue weighted by atomic mass is 16.5. The number of H-pyrrole nitrogens is 1. The van der Waals surface area contributed by atoms with Crippen LogP contribution in [-0.2, 0) is 0 Å². The Kier molecular flexibility index (Phi) is 4.04. The summed E-state index contributed by atoms with van der Waals surface area (Å²) in [5.74, 6) is 2.14. The summed E-state index contributed by atoms with van der Waals surface area (Å²) in [4.78, 5) is 4.66. The van der Waals surface area contributed by atoms with Crippen LogP contribution in [0.15, 0.2) is 24.4 Å². The normalized spacial score (nSPS) is 10.8. The van der Waals surface area contributed by atoms with Crippen LogP contribution in [0.2, 0.25) is 0 Å². The van der Waals surface area contributed by atoms with E-state index in [4.69, 9.17) is 9.47 Å². The van der Waals surface area contributed by atoms with Crippen molar-refractivity contribution in [2.24, 2.45) is 0 Å². The van der Waals surface area contributed by atoms with Gasteiger partial charge in [-0.3, -0.25) is 5.10 Å². The molecule has 0 aliphatic heterocycles. The van der Waals surface area contributed by atoms with E-state index in [9.17, 15) is 5.26 Å². The molecule has 3 rings (SSSR count). The summed E-state index contributed by atoms with van der Waals surface area (Å²) < 4.78 is 12.5. The summed E-state index contributed by atoms with van der Waals surface area (Å²) >= 11 is 0. The minimum absolute atomic E-state index is 0.196. The molecule has 0 radical (unpaired) electrons. The second kappa shape index (κ2) is 6.16. The third-order valence-corrected chi connectivity index (χ3v) is 3.67. The van der Waals surface area contributed by atoms with Crippen molar-refractivity contribution in [2.75, 3.05) is 19.5 Å². The lowest BCUT2D eigenvalue weighted by molar-refractivity contribution is 0.395. The van der Waals surface area contributed by atoms with Crippen molar-refractivity contribution in [3.63, 3.8) is 0 Å². The fraction of sp³-hybridized carbons (Fsp3) is 0.294. The number of hydrogen-bond donors (Lipinski definition) is 2. The molecule has 2 heterocycles. The van der Waals surface area contributed by atoms with Crippen LogP contribution in [0.1, 0.15) is 19.4 Å². The van der Waals surface area contributed by atoms with E-state index in [1.807, 2.05) is 32.0 Å². The zero-order valence-electron chi connectivity index (χ0n) is 14.0. The van der Waals surface area contributed by atoms with Crippen LogP contribution in [0, 0.1) is 11.3 Å². The van der Waals surface area contributed by atoms with Gasteiger partial charge in [-0.2, -0.15) is 5.26 Å². The largest absolute Gasteiger partial charge is 0.497 e. The van der Waals surface area contributed by atoms with Gasteiger partial charge in [0.25, 0.3) is 0 Å². The van der Waals surface area contributed by atoms with Gasteiger partial charge in [-0.15, -0.1) is 0 Å². The van der Waals surface area contributed by atoms with E-state index in [0.717, 1.165) is 11.4 Å². The molecule has 0 saturated heterocycles. The molecule has 0 fully saturated rings. The monoisotopic (exact) mass is 325 g/mol. The van der Waals surface area contributed by atoms with E-state index in [1.54, 1.807) is 24.9 Å². The highest BCUT2D eigenvalue weighted by Crippen LogP contribution is 2.37. The number of aromatic amines is 1. The zero-order chi connectivity index (χ0) is 17.3. The maximum atomic E-state index is 9.26. The second-order valence-electron chi connectivity index (χ2n) is 5.63. The maximum Gasteiger partial charge on any atom is 0.173 e. The summed E-state index contributed by atoms with van der Waals surface area (Å²) in [5, 5.41) is 15.7. The molecule has 0 saturated carbocycles. The molecule has 0 atom stereocenters. The van der Waals surface area contributed by atoms with Crippen molar-refractivity contribution in [1.29, 1.82) is 5.26 Å². The molecule has 0 bridgehead atoms. The van der Waals surface area contributed by atoms with E-state index in [-0.39, 0.29) is 6.04 Å². The minimum atomic E-state index is 0.196. The lowest BCUT2D eigenvalue weighted by Crippen LogP contribution is -2.12. The number of nitrogens with zero attached hydrogens (tertiary/aromatic N) is 3. The lowest BCUT2D eigenvalue weighted by Gasteiger charge is -2.13. The number of methoxy groups -OCH3 is 2. The van der Waals surface area contributed by atoms with Gasteiger partial charge in [-0.05, 0) is 26.0 Å². The predicted octanol–water partition coefficient (Wildman–Crippen LogP) is 3.04. The van der Waals surface area contributed by atoms with Gasteiger partial charge in [0.1, 0.15) is 28.8 Å². The van der Waals surface area contributed by atoms with Crippen LogP contribution in [0.5, 0.6) is 11.5 Å². The average Bonchev–Trinajstić information content (AvgIpc) is 3.13. The quantitative estimate of drug-likeness (QED) is 0.753. The van der Waals surface area contributed by atoms with Crippen molar-refractivity contribution in [3.05, 3.63) is 30.0 Å². The number of nitriles is 1. The van der Waals surface area contributed by atoms with Gasteiger partial charge >= 0.3 is 0 Å². The van der Waals surface area contributed by atoms with Crippen molar-refractivity contribution in [2.45, 2.75) is 19.9 Å². The number of aromatic nitrogens is 3. The minimum Gasteiger partial charge on any atom is -0.497 e. The Morgan fingerprint density at radius 1 is 1.29 bits per heavy atom. The van der Waals surface area contributed by atoms with Gasteiger partial charge in [0.05, 0.1) is 14.2 Å². The van der Waals surface area contributed by atoms with Crippen LogP contribution < -0.4 is 14.8 Å². The van der Waals surface area contributed by atoms with Gasteiger partial charge in [0.2, 0.25) is 0 Å². The standard InChI is InChI=1S/C17H19N5O2/c1-10(2)20-17-15(21-16-11(8-18)9-19-22(16)17)13-6-5-12(23-3)7-14(13)24-4/h5-7,9-10,19-20H,1-4H3. The lowest BCUT2D eigenvalue weighted by atomic mass is 10.1. The Labute approximate surface area is 139 Å². The molecule has 1 aromatic carbocycles. The molecule has 0 aliphatic rings. The molecule has 2 N–H and O–H groups in total. The van der Waals surface area contributed by atoms with Crippen molar-refractivity contribution >= 4 is 11.5 Å². The Hall–Kier alpha value is -3.14. The van der Waals surface area contributed by atoms with E-state index in [2.05, 4.69) is 21.5 Å². The fourth-order valence-electron chi connectivity index (χ4n) is 2.59. The molecule has 7 nitrogen and oxygen atoms in total. The van der Waals surface area contributed by atoms with Crippen LogP contribution in [0.3, 0.4) is 0 Å². The number of ether oxygens (including phenoxy) is 2. The first-order valence-corrected chi connectivity index (χ1v) is 7.58. The number of rotatable bonds is 5. The Morgan fingerprint density at radius 2 is 2.08 bits per heavy atom. The summed E-state index contributed by atoms with van der Waals surface area (Å²) in [5.41, 5.74) is 2.60. The van der Waals surface area contributed by atoms with Gasteiger partial charge in [0.15, 0.2) is 11.5 Å². The summed E-state index contributed by atoms with van der Waals surface area (Å²) in [6, 6.07) is 7.91. The number of nitrogens with one attached hydrogen (secondary N) is 2. The molecule has 0 spiro atoms. The summed E-state index contributed by atoms with van der Waals surface area (Å²) in [6.45, 7) is 4.09. The maximum absolute atomic E-state index is 9.26. The molecule has 7 heteroatoms. The van der Waals surface area contributed by atoms with Crippen LogP contribution in [-0.4, -0.2) is 34.9 Å². The fourth-order valence-corrected chi connectivity index (χ4v) is 2.59. The summed E-state index contributed by atoms with van der Waals surface area (Å²) in [6.07, 6.45) is 1.64.